The second kappa shape index (κ2) is 4.96. The first-order valence-corrected chi connectivity index (χ1v) is 4.60. The molecule has 0 saturated carbocycles. The number of hydrogen-bond donors (Lipinski definition) is 0. The number of carbonyl (C=O) groups excluding carboxylic acids is 2. The van der Waals surface area contributed by atoms with Gasteiger partial charge in [0.25, 0.3) is 0 Å². The lowest BCUT2D eigenvalue weighted by Crippen LogP contribution is -2.39. The second-order valence-corrected chi connectivity index (χ2v) is 3.98. The maximum atomic E-state index is 11.5. The summed E-state index contributed by atoms with van der Waals surface area (Å²) >= 11 is 0. The molecule has 0 radical (unpaired) electrons. The molecular formula is C11H18O4. The Labute approximate surface area is 90.2 Å². The van der Waals surface area contributed by atoms with Crippen molar-refractivity contribution in [3.05, 3.63) is 12.2 Å². The van der Waals surface area contributed by atoms with Crippen molar-refractivity contribution in [1.29, 1.82) is 0 Å². The van der Waals surface area contributed by atoms with Crippen LogP contribution in [0.25, 0.3) is 0 Å². The summed E-state index contributed by atoms with van der Waals surface area (Å²) in [7, 11) is 2.49. The van der Waals surface area contributed by atoms with Gasteiger partial charge in [0, 0.05) is 5.41 Å². The highest BCUT2D eigenvalue weighted by Gasteiger charge is 2.43. The molecule has 0 aromatic carbocycles. The topological polar surface area (TPSA) is 52.6 Å². The number of ether oxygens (including phenoxy) is 2. The first-order chi connectivity index (χ1) is 6.78. The molecule has 0 unspecified atom stereocenters. The highest BCUT2D eigenvalue weighted by atomic mass is 16.5. The first kappa shape index (κ1) is 13.7. The van der Waals surface area contributed by atoms with Gasteiger partial charge in [0.05, 0.1) is 14.2 Å². The lowest BCUT2D eigenvalue weighted by Gasteiger charge is -2.30. The number of rotatable bonds is 4. The van der Waals surface area contributed by atoms with E-state index in [4.69, 9.17) is 0 Å². The van der Waals surface area contributed by atoms with E-state index in [1.165, 1.54) is 14.2 Å². The summed E-state index contributed by atoms with van der Waals surface area (Å²) in [6.07, 6.45) is 0. The highest BCUT2D eigenvalue weighted by Crippen LogP contribution is 2.35. The summed E-state index contributed by atoms with van der Waals surface area (Å²) < 4.78 is 9.18. The molecule has 0 aromatic heterocycles. The minimum atomic E-state index is -0.968. The monoisotopic (exact) mass is 214 g/mol. The van der Waals surface area contributed by atoms with Gasteiger partial charge in [-0.15, -0.1) is 0 Å². The van der Waals surface area contributed by atoms with E-state index in [1.807, 2.05) is 0 Å². The first-order valence-electron chi connectivity index (χ1n) is 4.60. The van der Waals surface area contributed by atoms with Crippen molar-refractivity contribution in [3.63, 3.8) is 0 Å². The molecule has 4 nitrogen and oxygen atoms in total. The third kappa shape index (κ3) is 2.81. The highest BCUT2D eigenvalue weighted by molar-refractivity contribution is 5.96. The van der Waals surface area contributed by atoms with Crippen LogP contribution in [0, 0.1) is 11.3 Å². The molecule has 0 bridgehead atoms. The Kier molecular flexibility index (Phi) is 4.52. The van der Waals surface area contributed by atoms with Crippen LogP contribution in [-0.4, -0.2) is 26.2 Å². The summed E-state index contributed by atoms with van der Waals surface area (Å²) in [4.78, 5) is 23.0. The molecule has 15 heavy (non-hydrogen) atoms. The van der Waals surface area contributed by atoms with Gasteiger partial charge >= 0.3 is 11.9 Å². The quantitative estimate of drug-likeness (QED) is 0.405. The van der Waals surface area contributed by atoms with E-state index in [2.05, 4.69) is 16.1 Å². The molecule has 0 N–H and O–H groups in total. The number of esters is 2. The second-order valence-electron chi connectivity index (χ2n) is 3.98. The zero-order chi connectivity index (χ0) is 12.2. The predicted octanol–water partition coefficient (Wildman–Crippen LogP) is 1.55. The molecule has 86 valence electrons. The summed E-state index contributed by atoms with van der Waals surface area (Å²) in [6.45, 7) is 9.04. The van der Waals surface area contributed by atoms with Crippen molar-refractivity contribution in [2.45, 2.75) is 20.8 Å². The van der Waals surface area contributed by atoms with E-state index in [9.17, 15) is 9.59 Å². The van der Waals surface area contributed by atoms with Crippen molar-refractivity contribution < 1.29 is 19.1 Å². The summed E-state index contributed by atoms with van der Waals surface area (Å²) in [6, 6.07) is 0. The summed E-state index contributed by atoms with van der Waals surface area (Å²) in [5.74, 6) is -2.17. The molecule has 0 aliphatic rings. The Morgan fingerprint density at radius 3 is 1.67 bits per heavy atom. The van der Waals surface area contributed by atoms with Crippen LogP contribution in [0.4, 0.5) is 0 Å². The van der Waals surface area contributed by atoms with E-state index in [0.29, 0.717) is 0 Å². The standard InChI is InChI=1S/C11H18O4/c1-7(2)11(3,4)8(9(12)14-5)10(13)15-6/h8H,1H2,2-6H3. The van der Waals surface area contributed by atoms with Crippen LogP contribution in [0.3, 0.4) is 0 Å². The molecule has 0 aromatic rings. The molecule has 0 amide bonds. The third-order valence-corrected chi connectivity index (χ3v) is 2.70. The largest absolute Gasteiger partial charge is 0.468 e. The minimum Gasteiger partial charge on any atom is -0.468 e. The summed E-state index contributed by atoms with van der Waals surface area (Å²) in [5, 5.41) is 0. The van der Waals surface area contributed by atoms with E-state index < -0.39 is 23.3 Å². The molecule has 4 heteroatoms. The van der Waals surface area contributed by atoms with Gasteiger partial charge in [-0.05, 0) is 6.92 Å². The van der Waals surface area contributed by atoms with Gasteiger partial charge in [-0.1, -0.05) is 26.0 Å². The van der Waals surface area contributed by atoms with Gasteiger partial charge < -0.3 is 9.47 Å². The van der Waals surface area contributed by atoms with Gasteiger partial charge in [-0.3, -0.25) is 9.59 Å². The fraction of sp³-hybridized carbons (Fsp3) is 0.636. The smallest absolute Gasteiger partial charge is 0.320 e. The van der Waals surface area contributed by atoms with Crippen molar-refractivity contribution in [1.82, 2.24) is 0 Å². The molecule has 0 saturated heterocycles. The molecule has 0 atom stereocenters. The Hall–Kier alpha value is -1.32. The zero-order valence-electron chi connectivity index (χ0n) is 9.92. The third-order valence-electron chi connectivity index (χ3n) is 2.70. The normalized spacial score (nSPS) is 11.1. The predicted molar refractivity (Wildman–Crippen MR) is 56.1 cm³/mol. The average molecular weight is 214 g/mol. The van der Waals surface area contributed by atoms with Gasteiger partial charge in [0.15, 0.2) is 5.92 Å². The molecule has 0 rings (SSSR count). The molecule has 0 aliphatic carbocycles. The number of allylic oxidation sites excluding steroid dienone is 1. The Morgan fingerprint density at radius 2 is 1.47 bits per heavy atom. The zero-order valence-corrected chi connectivity index (χ0v) is 9.92. The number of hydrogen-bond acceptors (Lipinski definition) is 4. The fourth-order valence-corrected chi connectivity index (χ4v) is 1.17. The van der Waals surface area contributed by atoms with Crippen molar-refractivity contribution in [3.8, 4) is 0 Å². The number of methoxy groups -OCH3 is 2. The van der Waals surface area contributed by atoms with Crippen LogP contribution in [-0.2, 0) is 19.1 Å². The Bertz CT molecular complexity index is 262. The van der Waals surface area contributed by atoms with Gasteiger partial charge in [0.2, 0.25) is 0 Å². The van der Waals surface area contributed by atoms with E-state index >= 15 is 0 Å². The molecule has 0 fully saturated rings. The number of carbonyl (C=O) groups is 2. The van der Waals surface area contributed by atoms with E-state index in [0.717, 1.165) is 5.57 Å². The van der Waals surface area contributed by atoms with Crippen LogP contribution >= 0.6 is 0 Å². The van der Waals surface area contributed by atoms with E-state index in [1.54, 1.807) is 20.8 Å². The van der Waals surface area contributed by atoms with Gasteiger partial charge in [-0.25, -0.2) is 0 Å². The molecular weight excluding hydrogens is 196 g/mol. The van der Waals surface area contributed by atoms with Crippen LogP contribution in [0.2, 0.25) is 0 Å². The van der Waals surface area contributed by atoms with Crippen LogP contribution < -0.4 is 0 Å². The SMILES string of the molecule is C=C(C)C(C)(C)C(C(=O)OC)C(=O)OC. The van der Waals surface area contributed by atoms with Crippen molar-refractivity contribution in [2.24, 2.45) is 11.3 Å². The maximum absolute atomic E-state index is 11.5. The summed E-state index contributed by atoms with van der Waals surface area (Å²) in [5.41, 5.74) is 0.0449. The Balaban J connectivity index is 5.19. The average Bonchev–Trinajstić information content (AvgIpc) is 2.16. The fourth-order valence-electron chi connectivity index (χ4n) is 1.17. The Morgan fingerprint density at radius 1 is 1.13 bits per heavy atom. The van der Waals surface area contributed by atoms with Gasteiger partial charge in [0.1, 0.15) is 0 Å². The lowest BCUT2D eigenvalue weighted by atomic mass is 9.74. The van der Waals surface area contributed by atoms with Gasteiger partial charge in [-0.2, -0.15) is 0 Å². The minimum absolute atomic E-state index is 0.602. The maximum Gasteiger partial charge on any atom is 0.320 e. The lowest BCUT2D eigenvalue weighted by molar-refractivity contribution is -0.163. The molecule has 0 heterocycles. The van der Waals surface area contributed by atoms with E-state index in [-0.39, 0.29) is 0 Å². The van der Waals surface area contributed by atoms with Crippen LogP contribution in [0.5, 0.6) is 0 Å². The van der Waals surface area contributed by atoms with Crippen LogP contribution in [0.15, 0.2) is 12.2 Å². The van der Waals surface area contributed by atoms with Crippen molar-refractivity contribution >= 4 is 11.9 Å². The van der Waals surface area contributed by atoms with Crippen LogP contribution in [0.1, 0.15) is 20.8 Å². The molecule has 0 aliphatic heterocycles. The molecule has 0 spiro atoms. The van der Waals surface area contributed by atoms with Crippen molar-refractivity contribution in [2.75, 3.05) is 14.2 Å².